The van der Waals surface area contributed by atoms with Crippen molar-refractivity contribution < 1.29 is 0 Å². The predicted molar refractivity (Wildman–Crippen MR) is 86.8 cm³/mol. The molecule has 0 unspecified atom stereocenters. The molecule has 3 rings (SSSR count). The quantitative estimate of drug-likeness (QED) is 0.767. The average Bonchev–Trinajstić information content (AvgIpc) is 2.95. The first-order valence-electron chi connectivity index (χ1n) is 6.45. The van der Waals surface area contributed by atoms with Crippen molar-refractivity contribution in [2.75, 3.05) is 12.4 Å². The summed E-state index contributed by atoms with van der Waals surface area (Å²) in [6.07, 6.45) is 1.03. The van der Waals surface area contributed by atoms with Crippen molar-refractivity contribution in [1.29, 1.82) is 0 Å². The lowest BCUT2D eigenvalue weighted by molar-refractivity contribution is 1.19. The van der Waals surface area contributed by atoms with Crippen molar-refractivity contribution in [1.82, 2.24) is 9.97 Å². The Morgan fingerprint density at radius 3 is 2.75 bits per heavy atom. The average molecular weight is 304 g/mol. The van der Waals surface area contributed by atoms with Gasteiger partial charge in [0.2, 0.25) is 0 Å². The lowest BCUT2D eigenvalue weighted by Gasteiger charge is -2.07. The normalized spacial score (nSPS) is 10.9. The highest BCUT2D eigenvalue weighted by atomic mass is 35.5. The van der Waals surface area contributed by atoms with Gasteiger partial charge in [0.05, 0.1) is 10.4 Å². The van der Waals surface area contributed by atoms with E-state index in [0.29, 0.717) is 5.02 Å². The molecule has 0 saturated heterocycles. The van der Waals surface area contributed by atoms with Crippen LogP contribution < -0.4 is 5.32 Å². The van der Waals surface area contributed by atoms with Crippen LogP contribution in [0.1, 0.15) is 11.8 Å². The number of aromatic nitrogens is 2. The largest absolute Gasteiger partial charge is 0.373 e. The predicted octanol–water partition coefficient (Wildman–Crippen LogP) is 4.62. The summed E-state index contributed by atoms with van der Waals surface area (Å²) in [5.41, 5.74) is 0.898. The molecule has 0 amide bonds. The number of aryl methyl sites for hydroxylation is 1. The molecule has 0 saturated carbocycles. The summed E-state index contributed by atoms with van der Waals surface area (Å²) in [6, 6.07) is 9.89. The maximum absolute atomic E-state index is 6.05. The molecule has 0 spiro atoms. The highest BCUT2D eigenvalue weighted by Crippen LogP contribution is 2.30. The molecule has 20 heavy (non-hydrogen) atoms. The number of nitrogens with one attached hydrogen (secondary N) is 1. The number of halogens is 1. The smallest absolute Gasteiger partial charge is 0.172 e. The third-order valence-electron chi connectivity index (χ3n) is 3.13. The van der Waals surface area contributed by atoms with Crippen LogP contribution in [-0.4, -0.2) is 17.0 Å². The van der Waals surface area contributed by atoms with Gasteiger partial charge in [-0.1, -0.05) is 18.5 Å². The van der Waals surface area contributed by atoms with Crippen molar-refractivity contribution >= 4 is 39.7 Å². The van der Waals surface area contributed by atoms with Gasteiger partial charge < -0.3 is 5.32 Å². The standard InChI is InChI=1S/C15H14ClN3S/c1-3-10-5-7-13(20-10)15-18-12-6-4-9(16)8-11(12)14(17-2)19-15/h4-8H,3H2,1-2H3,(H,17,18,19). The fourth-order valence-corrected chi connectivity index (χ4v) is 3.14. The molecule has 3 aromatic rings. The van der Waals surface area contributed by atoms with Gasteiger partial charge in [0.15, 0.2) is 5.82 Å². The van der Waals surface area contributed by atoms with Crippen LogP contribution in [0.3, 0.4) is 0 Å². The maximum atomic E-state index is 6.05. The van der Waals surface area contributed by atoms with E-state index in [4.69, 9.17) is 11.6 Å². The minimum Gasteiger partial charge on any atom is -0.373 e. The van der Waals surface area contributed by atoms with Crippen molar-refractivity contribution in [3.05, 3.63) is 40.2 Å². The SMILES string of the molecule is CCc1ccc(-c2nc(NC)c3cc(Cl)ccc3n2)s1. The van der Waals surface area contributed by atoms with Crippen LogP contribution in [0.25, 0.3) is 21.6 Å². The summed E-state index contributed by atoms with van der Waals surface area (Å²) in [5.74, 6) is 1.56. The zero-order valence-electron chi connectivity index (χ0n) is 11.3. The second-order valence-corrected chi connectivity index (χ2v) is 6.03. The lowest BCUT2D eigenvalue weighted by atomic mass is 10.2. The molecule has 0 radical (unpaired) electrons. The second-order valence-electron chi connectivity index (χ2n) is 4.43. The van der Waals surface area contributed by atoms with Crippen LogP contribution in [0.5, 0.6) is 0 Å². The van der Waals surface area contributed by atoms with Gasteiger partial charge in [0, 0.05) is 22.3 Å². The Kier molecular flexibility index (Phi) is 3.59. The van der Waals surface area contributed by atoms with Gasteiger partial charge in [-0.15, -0.1) is 11.3 Å². The summed E-state index contributed by atoms with van der Waals surface area (Å²) in [6.45, 7) is 2.15. The van der Waals surface area contributed by atoms with Gasteiger partial charge >= 0.3 is 0 Å². The van der Waals surface area contributed by atoms with Crippen LogP contribution in [0.4, 0.5) is 5.82 Å². The van der Waals surface area contributed by atoms with E-state index in [-0.39, 0.29) is 0 Å². The van der Waals surface area contributed by atoms with E-state index >= 15 is 0 Å². The number of fused-ring (bicyclic) bond motifs is 1. The van der Waals surface area contributed by atoms with Gasteiger partial charge in [-0.2, -0.15) is 0 Å². The van der Waals surface area contributed by atoms with Crippen LogP contribution in [0.15, 0.2) is 30.3 Å². The van der Waals surface area contributed by atoms with Crippen LogP contribution >= 0.6 is 22.9 Å². The van der Waals surface area contributed by atoms with Gasteiger partial charge in [0.1, 0.15) is 5.82 Å². The number of anilines is 1. The fourth-order valence-electron chi connectivity index (χ4n) is 2.09. The number of rotatable bonds is 3. The summed E-state index contributed by atoms with van der Waals surface area (Å²) in [4.78, 5) is 11.7. The van der Waals surface area contributed by atoms with E-state index in [0.717, 1.165) is 33.8 Å². The maximum Gasteiger partial charge on any atom is 0.172 e. The number of nitrogens with zero attached hydrogens (tertiary/aromatic N) is 2. The first kappa shape index (κ1) is 13.3. The topological polar surface area (TPSA) is 37.8 Å². The molecule has 1 aromatic carbocycles. The highest BCUT2D eigenvalue weighted by molar-refractivity contribution is 7.15. The van der Waals surface area contributed by atoms with E-state index < -0.39 is 0 Å². The Labute approximate surface area is 126 Å². The van der Waals surface area contributed by atoms with Crippen molar-refractivity contribution in [2.24, 2.45) is 0 Å². The molecule has 0 fully saturated rings. The van der Waals surface area contributed by atoms with Crippen LogP contribution in [0, 0.1) is 0 Å². The molecule has 0 aliphatic heterocycles. The molecule has 0 atom stereocenters. The summed E-state index contributed by atoms with van der Waals surface area (Å²) >= 11 is 7.78. The Hall–Kier alpha value is -1.65. The number of thiophene rings is 1. The van der Waals surface area contributed by atoms with E-state index in [1.54, 1.807) is 11.3 Å². The highest BCUT2D eigenvalue weighted by Gasteiger charge is 2.10. The van der Waals surface area contributed by atoms with Gasteiger partial charge in [0.25, 0.3) is 0 Å². The second kappa shape index (κ2) is 5.38. The van der Waals surface area contributed by atoms with E-state index in [1.807, 2.05) is 25.2 Å². The Morgan fingerprint density at radius 1 is 1.20 bits per heavy atom. The molecule has 2 heterocycles. The number of hydrogen-bond donors (Lipinski definition) is 1. The monoisotopic (exact) mass is 303 g/mol. The molecule has 0 bridgehead atoms. The van der Waals surface area contributed by atoms with Gasteiger partial charge in [-0.25, -0.2) is 9.97 Å². The fraction of sp³-hybridized carbons (Fsp3) is 0.200. The summed E-state index contributed by atoms with van der Waals surface area (Å²) in [5, 5.41) is 4.75. The summed E-state index contributed by atoms with van der Waals surface area (Å²) < 4.78 is 0. The van der Waals surface area contributed by atoms with Crippen LogP contribution in [-0.2, 0) is 6.42 Å². The zero-order valence-corrected chi connectivity index (χ0v) is 12.8. The number of hydrogen-bond acceptors (Lipinski definition) is 4. The first-order chi connectivity index (χ1) is 9.71. The Balaban J connectivity index is 2.19. The van der Waals surface area contributed by atoms with Crippen molar-refractivity contribution in [2.45, 2.75) is 13.3 Å². The lowest BCUT2D eigenvalue weighted by Crippen LogP contribution is -1.98. The van der Waals surface area contributed by atoms with Crippen LogP contribution in [0.2, 0.25) is 5.02 Å². The third kappa shape index (κ3) is 2.37. The van der Waals surface area contributed by atoms with Crippen molar-refractivity contribution in [3.8, 4) is 10.7 Å². The molecule has 2 aromatic heterocycles. The Bertz CT molecular complexity index is 767. The summed E-state index contributed by atoms with van der Waals surface area (Å²) in [7, 11) is 1.86. The number of benzene rings is 1. The molecule has 1 N–H and O–H groups in total. The molecular formula is C15H14ClN3S. The molecular weight excluding hydrogens is 290 g/mol. The van der Waals surface area contributed by atoms with Gasteiger partial charge in [-0.3, -0.25) is 0 Å². The minimum absolute atomic E-state index is 0.690. The first-order valence-corrected chi connectivity index (χ1v) is 7.65. The van der Waals surface area contributed by atoms with Crippen molar-refractivity contribution in [3.63, 3.8) is 0 Å². The molecule has 0 aliphatic rings. The molecule has 5 heteroatoms. The third-order valence-corrected chi connectivity index (χ3v) is 4.59. The van der Waals surface area contributed by atoms with E-state index in [1.165, 1.54) is 4.88 Å². The Morgan fingerprint density at radius 2 is 2.05 bits per heavy atom. The molecule has 102 valence electrons. The van der Waals surface area contributed by atoms with E-state index in [9.17, 15) is 0 Å². The van der Waals surface area contributed by atoms with E-state index in [2.05, 4.69) is 34.3 Å². The minimum atomic E-state index is 0.690. The zero-order chi connectivity index (χ0) is 14.1. The molecule has 0 aliphatic carbocycles. The van der Waals surface area contributed by atoms with Gasteiger partial charge in [-0.05, 0) is 36.8 Å². The molecule has 3 nitrogen and oxygen atoms in total.